The average molecular weight is 280 g/mol. The van der Waals surface area contributed by atoms with Crippen molar-refractivity contribution >= 4 is 0 Å². The maximum absolute atomic E-state index is 3.66. The van der Waals surface area contributed by atoms with Crippen molar-refractivity contribution in [3.8, 4) is 0 Å². The maximum atomic E-state index is 3.66. The van der Waals surface area contributed by atoms with Crippen molar-refractivity contribution in [2.24, 2.45) is 5.41 Å². The summed E-state index contributed by atoms with van der Waals surface area (Å²) in [6.07, 6.45) is 14.5. The van der Waals surface area contributed by atoms with E-state index in [1.807, 2.05) is 0 Å². The lowest BCUT2D eigenvalue weighted by atomic mass is 9.73. The Bertz CT molecular complexity index is 252. The Labute approximate surface area is 126 Å². The Balaban J connectivity index is 1.96. The van der Waals surface area contributed by atoms with E-state index in [9.17, 15) is 0 Å². The van der Waals surface area contributed by atoms with Crippen molar-refractivity contribution in [3.63, 3.8) is 0 Å². The molecule has 2 saturated carbocycles. The van der Waals surface area contributed by atoms with E-state index in [1.54, 1.807) is 0 Å². The van der Waals surface area contributed by atoms with Crippen molar-refractivity contribution in [3.05, 3.63) is 0 Å². The Morgan fingerprint density at radius 2 is 1.60 bits per heavy atom. The smallest absolute Gasteiger partial charge is 0.00953 e. The summed E-state index contributed by atoms with van der Waals surface area (Å²) in [5, 5.41) is 3.66. The fourth-order valence-corrected chi connectivity index (χ4v) is 4.46. The highest BCUT2D eigenvalue weighted by Gasteiger charge is 2.35. The predicted octanol–water partition coefficient (Wildman–Crippen LogP) is 4.20. The molecular weight excluding hydrogens is 244 g/mol. The molecule has 0 unspecified atom stereocenters. The Hall–Kier alpha value is -0.0800. The van der Waals surface area contributed by atoms with Crippen LogP contribution >= 0.6 is 0 Å². The van der Waals surface area contributed by atoms with Crippen LogP contribution in [0.15, 0.2) is 0 Å². The molecule has 0 bridgehead atoms. The number of rotatable bonds is 7. The van der Waals surface area contributed by atoms with Crippen molar-refractivity contribution in [1.82, 2.24) is 10.2 Å². The van der Waals surface area contributed by atoms with Crippen LogP contribution in [0.4, 0.5) is 0 Å². The van der Waals surface area contributed by atoms with Crippen molar-refractivity contribution in [2.75, 3.05) is 26.2 Å². The Kier molecular flexibility index (Phi) is 6.83. The lowest BCUT2D eigenvalue weighted by molar-refractivity contribution is 0.0649. The zero-order valence-corrected chi connectivity index (χ0v) is 13.9. The quantitative estimate of drug-likeness (QED) is 0.752. The topological polar surface area (TPSA) is 15.3 Å². The van der Waals surface area contributed by atoms with Gasteiger partial charge < -0.3 is 10.2 Å². The summed E-state index contributed by atoms with van der Waals surface area (Å²) < 4.78 is 0. The molecule has 2 aliphatic rings. The molecule has 0 heterocycles. The molecule has 2 rings (SSSR count). The van der Waals surface area contributed by atoms with Gasteiger partial charge in [-0.15, -0.1) is 0 Å². The first-order chi connectivity index (χ1) is 9.79. The molecule has 0 aliphatic heterocycles. The zero-order valence-electron chi connectivity index (χ0n) is 13.9. The number of nitrogens with zero attached hydrogens (tertiary/aromatic N) is 1. The summed E-state index contributed by atoms with van der Waals surface area (Å²) in [5.74, 6) is 0. The lowest BCUT2D eigenvalue weighted by Gasteiger charge is -2.44. The van der Waals surface area contributed by atoms with E-state index in [-0.39, 0.29) is 0 Å². The van der Waals surface area contributed by atoms with Gasteiger partial charge in [-0.2, -0.15) is 0 Å². The molecule has 2 aliphatic carbocycles. The highest BCUT2D eigenvalue weighted by Crippen LogP contribution is 2.38. The van der Waals surface area contributed by atoms with Gasteiger partial charge in [0.05, 0.1) is 0 Å². The van der Waals surface area contributed by atoms with Gasteiger partial charge in [-0.1, -0.05) is 52.4 Å². The summed E-state index contributed by atoms with van der Waals surface area (Å²) in [4.78, 5) is 2.84. The van der Waals surface area contributed by atoms with E-state index >= 15 is 0 Å². The van der Waals surface area contributed by atoms with E-state index in [4.69, 9.17) is 0 Å². The zero-order chi connectivity index (χ0) is 14.3. The molecule has 0 aromatic heterocycles. The number of hydrogen-bond donors (Lipinski definition) is 1. The first kappa shape index (κ1) is 16.3. The molecular formula is C18H36N2. The van der Waals surface area contributed by atoms with Gasteiger partial charge in [0.2, 0.25) is 0 Å². The second-order valence-electron chi connectivity index (χ2n) is 7.20. The molecule has 0 spiro atoms. The standard InChI is InChI=1S/C18H36N2/c1-3-19-15-18(13-9-6-10-14-18)16-20(4-2)17-11-7-5-8-12-17/h17,19H,3-16H2,1-2H3. The van der Waals surface area contributed by atoms with Crippen LogP contribution < -0.4 is 5.32 Å². The van der Waals surface area contributed by atoms with Crippen molar-refractivity contribution in [2.45, 2.75) is 84.1 Å². The molecule has 118 valence electrons. The van der Waals surface area contributed by atoms with Gasteiger partial charge in [0.25, 0.3) is 0 Å². The molecule has 0 amide bonds. The average Bonchev–Trinajstić information content (AvgIpc) is 2.53. The lowest BCUT2D eigenvalue weighted by Crippen LogP contribution is -2.49. The van der Waals surface area contributed by atoms with E-state index in [0.717, 1.165) is 12.6 Å². The molecule has 0 aromatic rings. The second kappa shape index (κ2) is 8.38. The Morgan fingerprint density at radius 1 is 0.950 bits per heavy atom. The minimum atomic E-state index is 0.571. The van der Waals surface area contributed by atoms with Crippen LogP contribution in [-0.4, -0.2) is 37.1 Å². The normalized spacial score (nSPS) is 24.1. The SMILES string of the molecule is CCNCC1(CN(CC)C2CCCCC2)CCCCC1. The minimum absolute atomic E-state index is 0.571. The minimum Gasteiger partial charge on any atom is -0.316 e. The van der Waals surface area contributed by atoms with Crippen LogP contribution in [0.2, 0.25) is 0 Å². The van der Waals surface area contributed by atoms with Crippen molar-refractivity contribution in [1.29, 1.82) is 0 Å². The van der Waals surface area contributed by atoms with Gasteiger partial charge >= 0.3 is 0 Å². The van der Waals surface area contributed by atoms with Gasteiger partial charge in [0.1, 0.15) is 0 Å². The van der Waals surface area contributed by atoms with E-state index < -0.39 is 0 Å². The molecule has 0 radical (unpaired) electrons. The van der Waals surface area contributed by atoms with Crippen LogP contribution in [0.1, 0.15) is 78.1 Å². The largest absolute Gasteiger partial charge is 0.316 e. The molecule has 2 fully saturated rings. The summed E-state index contributed by atoms with van der Waals surface area (Å²) in [6, 6.07) is 0.883. The van der Waals surface area contributed by atoms with E-state index in [0.29, 0.717) is 5.41 Å². The summed E-state index contributed by atoms with van der Waals surface area (Å²) >= 11 is 0. The fourth-order valence-electron chi connectivity index (χ4n) is 4.46. The van der Waals surface area contributed by atoms with Crippen LogP contribution in [0.5, 0.6) is 0 Å². The van der Waals surface area contributed by atoms with Crippen LogP contribution in [-0.2, 0) is 0 Å². The van der Waals surface area contributed by atoms with Crippen LogP contribution in [0.25, 0.3) is 0 Å². The molecule has 0 atom stereocenters. The molecule has 1 N–H and O–H groups in total. The maximum Gasteiger partial charge on any atom is 0.00953 e. The molecule has 2 nitrogen and oxygen atoms in total. The monoisotopic (exact) mass is 280 g/mol. The fraction of sp³-hybridized carbons (Fsp3) is 1.00. The highest BCUT2D eigenvalue weighted by atomic mass is 15.2. The van der Waals surface area contributed by atoms with Gasteiger partial charge in [0, 0.05) is 19.1 Å². The summed E-state index contributed by atoms with van der Waals surface area (Å²) in [6.45, 7) is 9.58. The van der Waals surface area contributed by atoms with Gasteiger partial charge in [-0.25, -0.2) is 0 Å². The first-order valence-corrected chi connectivity index (χ1v) is 9.24. The third kappa shape index (κ3) is 4.46. The first-order valence-electron chi connectivity index (χ1n) is 9.24. The third-order valence-corrected chi connectivity index (χ3v) is 5.70. The second-order valence-corrected chi connectivity index (χ2v) is 7.20. The molecule has 2 heteroatoms. The highest BCUT2D eigenvalue weighted by molar-refractivity contribution is 4.89. The predicted molar refractivity (Wildman–Crippen MR) is 88.2 cm³/mol. The third-order valence-electron chi connectivity index (χ3n) is 5.70. The van der Waals surface area contributed by atoms with E-state index in [2.05, 4.69) is 24.1 Å². The number of hydrogen-bond acceptors (Lipinski definition) is 2. The van der Waals surface area contributed by atoms with Crippen LogP contribution in [0.3, 0.4) is 0 Å². The van der Waals surface area contributed by atoms with Gasteiger partial charge in [0.15, 0.2) is 0 Å². The van der Waals surface area contributed by atoms with Crippen LogP contribution in [0, 0.1) is 5.41 Å². The van der Waals surface area contributed by atoms with Gasteiger partial charge in [-0.05, 0) is 44.2 Å². The van der Waals surface area contributed by atoms with E-state index in [1.165, 1.54) is 83.8 Å². The van der Waals surface area contributed by atoms with Crippen molar-refractivity contribution < 1.29 is 0 Å². The summed E-state index contributed by atoms with van der Waals surface area (Å²) in [7, 11) is 0. The molecule has 0 saturated heterocycles. The molecule has 0 aromatic carbocycles. The molecule has 20 heavy (non-hydrogen) atoms. The number of nitrogens with one attached hydrogen (secondary N) is 1. The van der Waals surface area contributed by atoms with Gasteiger partial charge in [-0.3, -0.25) is 0 Å². The summed E-state index contributed by atoms with van der Waals surface area (Å²) in [5.41, 5.74) is 0.571. The Morgan fingerprint density at radius 3 is 2.20 bits per heavy atom.